The maximum atomic E-state index is 12.3. The van der Waals surface area contributed by atoms with E-state index in [1.165, 1.54) is 38.5 Å². The minimum Gasteiger partial charge on any atom is -0.504 e. The van der Waals surface area contributed by atoms with Gasteiger partial charge in [-0.3, -0.25) is 0 Å². The summed E-state index contributed by atoms with van der Waals surface area (Å²) in [6.07, 6.45) is 15.4. The molecule has 0 aliphatic carbocycles. The van der Waals surface area contributed by atoms with Gasteiger partial charge in [0.25, 0.3) is 0 Å². The molecule has 5 nitrogen and oxygen atoms in total. The van der Waals surface area contributed by atoms with E-state index in [0.717, 1.165) is 19.3 Å². The summed E-state index contributed by atoms with van der Waals surface area (Å²) in [5.74, 6) is 0.131. The molecule has 0 fully saturated rings. The van der Waals surface area contributed by atoms with Crippen molar-refractivity contribution in [3.63, 3.8) is 0 Å². The van der Waals surface area contributed by atoms with E-state index in [1.54, 1.807) is 18.2 Å². The van der Waals surface area contributed by atoms with Crippen molar-refractivity contribution in [2.24, 2.45) is 0 Å². The number of hydrogen-bond acceptors (Lipinski definition) is 5. The van der Waals surface area contributed by atoms with E-state index in [0.29, 0.717) is 30.8 Å². The molecular formula is C25H36O5. The smallest absolute Gasteiger partial charge is 0.383 e. The Hall–Kier alpha value is -2.43. The summed E-state index contributed by atoms with van der Waals surface area (Å²) in [6, 6.07) is 5.23. The van der Waals surface area contributed by atoms with Crippen LogP contribution in [0.2, 0.25) is 0 Å². The minimum absolute atomic E-state index is 0.146. The Morgan fingerprint density at radius 2 is 1.67 bits per heavy atom. The zero-order valence-corrected chi connectivity index (χ0v) is 18.5. The number of unbranched alkanes of at least 4 members (excludes halogenated alkanes) is 7. The minimum atomic E-state index is -0.692. The second-order valence-corrected chi connectivity index (χ2v) is 7.54. The molecule has 1 aromatic heterocycles. The quantitative estimate of drug-likeness (QED) is 0.197. The highest BCUT2D eigenvalue weighted by molar-refractivity contribution is 5.89. The molecule has 1 aromatic carbocycles. The molecule has 0 spiro atoms. The third-order valence-corrected chi connectivity index (χ3v) is 5.02. The highest BCUT2D eigenvalue weighted by Gasteiger charge is 2.18. The van der Waals surface area contributed by atoms with E-state index in [1.807, 2.05) is 12.2 Å². The van der Waals surface area contributed by atoms with Crippen molar-refractivity contribution in [2.75, 3.05) is 13.2 Å². The van der Waals surface area contributed by atoms with Crippen molar-refractivity contribution >= 4 is 11.0 Å². The monoisotopic (exact) mass is 416 g/mol. The van der Waals surface area contributed by atoms with Crippen LogP contribution in [-0.2, 0) is 0 Å². The summed E-state index contributed by atoms with van der Waals surface area (Å²) < 4.78 is 16.8. The Labute approximate surface area is 179 Å². The first kappa shape index (κ1) is 23.8. The predicted molar refractivity (Wildman–Crippen MR) is 122 cm³/mol. The van der Waals surface area contributed by atoms with Gasteiger partial charge < -0.3 is 19.0 Å². The number of aromatic hydroxyl groups is 1. The fourth-order valence-corrected chi connectivity index (χ4v) is 3.34. The van der Waals surface area contributed by atoms with E-state index in [-0.39, 0.29) is 17.1 Å². The summed E-state index contributed by atoms with van der Waals surface area (Å²) in [7, 11) is 0. The molecule has 0 saturated carbocycles. The van der Waals surface area contributed by atoms with Crippen molar-refractivity contribution in [1.82, 2.24) is 0 Å². The summed E-state index contributed by atoms with van der Waals surface area (Å²) >= 11 is 0. The van der Waals surface area contributed by atoms with E-state index >= 15 is 0 Å². The number of hydrogen-bond donors (Lipinski definition) is 1. The topological polar surface area (TPSA) is 68.9 Å². The molecule has 0 saturated heterocycles. The number of ether oxygens (including phenoxy) is 2. The van der Waals surface area contributed by atoms with E-state index in [9.17, 15) is 9.90 Å². The molecule has 2 aromatic rings. The van der Waals surface area contributed by atoms with Crippen molar-refractivity contribution in [3.8, 4) is 17.2 Å². The molecule has 2 rings (SSSR count). The summed E-state index contributed by atoms with van der Waals surface area (Å²) in [5.41, 5.74) is -0.430. The average Bonchev–Trinajstić information content (AvgIpc) is 2.74. The van der Waals surface area contributed by atoms with Crippen LogP contribution in [0.4, 0.5) is 0 Å². The molecule has 30 heavy (non-hydrogen) atoms. The predicted octanol–water partition coefficient (Wildman–Crippen LogP) is 6.75. The average molecular weight is 417 g/mol. The highest BCUT2D eigenvalue weighted by Crippen LogP contribution is 2.35. The number of allylic oxidation sites excluding steroid dienone is 1. The molecule has 5 heteroatoms. The summed E-state index contributed by atoms with van der Waals surface area (Å²) in [4.78, 5) is 12.3. The molecule has 166 valence electrons. The molecule has 0 aliphatic heterocycles. The van der Waals surface area contributed by atoms with Gasteiger partial charge in [0.15, 0.2) is 17.1 Å². The second-order valence-electron chi connectivity index (χ2n) is 7.54. The van der Waals surface area contributed by atoms with E-state index in [2.05, 4.69) is 13.8 Å². The van der Waals surface area contributed by atoms with Gasteiger partial charge in [-0.15, -0.1) is 0 Å². The van der Waals surface area contributed by atoms with Gasteiger partial charge in [-0.05, 0) is 31.4 Å². The zero-order chi connectivity index (χ0) is 21.6. The molecule has 0 aliphatic rings. The van der Waals surface area contributed by atoms with Gasteiger partial charge in [0.05, 0.1) is 18.6 Å². The fraction of sp³-hybridized carbons (Fsp3) is 0.560. The maximum absolute atomic E-state index is 12.3. The Morgan fingerprint density at radius 3 is 2.40 bits per heavy atom. The molecule has 1 heterocycles. The SMILES string of the molecule is CC/C=C/CCOc1c(O)c2cccc(OCCCCCCCCCC)c2oc1=O. The first-order chi connectivity index (χ1) is 14.7. The van der Waals surface area contributed by atoms with Crippen LogP contribution in [0.25, 0.3) is 11.0 Å². The Balaban J connectivity index is 1.92. The van der Waals surface area contributed by atoms with Crippen molar-refractivity contribution in [3.05, 3.63) is 40.8 Å². The molecule has 0 amide bonds. The normalized spacial score (nSPS) is 11.4. The molecule has 0 unspecified atom stereocenters. The van der Waals surface area contributed by atoms with Crippen LogP contribution in [0.3, 0.4) is 0 Å². The highest BCUT2D eigenvalue weighted by atomic mass is 16.5. The van der Waals surface area contributed by atoms with Crippen LogP contribution in [0.1, 0.15) is 78.1 Å². The Morgan fingerprint density at radius 1 is 0.933 bits per heavy atom. The van der Waals surface area contributed by atoms with E-state index in [4.69, 9.17) is 13.9 Å². The maximum Gasteiger partial charge on any atom is 0.383 e. The number of fused-ring (bicyclic) bond motifs is 1. The second kappa shape index (κ2) is 13.7. The van der Waals surface area contributed by atoms with Gasteiger partial charge in [0.1, 0.15) is 0 Å². The van der Waals surface area contributed by atoms with E-state index < -0.39 is 5.63 Å². The number of benzene rings is 1. The van der Waals surface area contributed by atoms with Crippen LogP contribution in [0.15, 0.2) is 39.6 Å². The number of rotatable bonds is 15. The van der Waals surface area contributed by atoms with Gasteiger partial charge in [-0.25, -0.2) is 4.79 Å². The Bertz CT molecular complexity index is 837. The van der Waals surface area contributed by atoms with Crippen LogP contribution < -0.4 is 15.1 Å². The van der Waals surface area contributed by atoms with Crippen LogP contribution in [0, 0.1) is 0 Å². The van der Waals surface area contributed by atoms with Crippen molar-refractivity contribution in [2.45, 2.75) is 78.1 Å². The van der Waals surface area contributed by atoms with Crippen molar-refractivity contribution in [1.29, 1.82) is 0 Å². The Kier molecular flexibility index (Phi) is 10.9. The fourth-order valence-electron chi connectivity index (χ4n) is 3.34. The first-order valence-corrected chi connectivity index (χ1v) is 11.4. The van der Waals surface area contributed by atoms with Gasteiger partial charge in [-0.1, -0.05) is 77.0 Å². The van der Waals surface area contributed by atoms with Gasteiger partial charge >= 0.3 is 5.63 Å². The molecule has 1 N–H and O–H groups in total. The largest absolute Gasteiger partial charge is 0.504 e. The third kappa shape index (κ3) is 7.43. The van der Waals surface area contributed by atoms with Gasteiger partial charge in [-0.2, -0.15) is 0 Å². The summed E-state index contributed by atoms with van der Waals surface area (Å²) in [6.45, 7) is 5.14. The van der Waals surface area contributed by atoms with Crippen LogP contribution >= 0.6 is 0 Å². The molecule has 0 bridgehead atoms. The first-order valence-electron chi connectivity index (χ1n) is 11.4. The lowest BCUT2D eigenvalue weighted by Crippen LogP contribution is -2.09. The summed E-state index contributed by atoms with van der Waals surface area (Å²) in [5, 5.41) is 10.9. The lowest BCUT2D eigenvalue weighted by molar-refractivity contribution is 0.284. The van der Waals surface area contributed by atoms with Crippen molar-refractivity contribution < 1.29 is 19.0 Å². The van der Waals surface area contributed by atoms with Gasteiger partial charge in [0.2, 0.25) is 5.75 Å². The zero-order valence-electron chi connectivity index (χ0n) is 18.5. The third-order valence-electron chi connectivity index (χ3n) is 5.02. The number of para-hydroxylation sites is 1. The molecule has 0 atom stereocenters. The molecule has 0 radical (unpaired) electrons. The lowest BCUT2D eigenvalue weighted by Gasteiger charge is -2.11. The van der Waals surface area contributed by atoms with Crippen LogP contribution in [-0.4, -0.2) is 18.3 Å². The molecular weight excluding hydrogens is 380 g/mol. The van der Waals surface area contributed by atoms with Crippen LogP contribution in [0.5, 0.6) is 17.2 Å². The lowest BCUT2D eigenvalue weighted by atomic mass is 10.1. The standard InChI is InChI=1S/C25H36O5/c1-3-5-7-9-10-11-12-14-18-28-21-17-15-16-20-22(26)24(25(27)30-23(20)21)29-19-13-8-6-4-2/h6,8,15-17,26H,3-5,7,9-14,18-19H2,1-2H3/b8-6+. The van der Waals surface area contributed by atoms with Gasteiger partial charge in [0, 0.05) is 0 Å².